The van der Waals surface area contributed by atoms with Gasteiger partial charge in [-0.25, -0.2) is 0 Å². The van der Waals surface area contributed by atoms with Crippen LogP contribution in [0.3, 0.4) is 0 Å². The van der Waals surface area contributed by atoms with E-state index in [4.69, 9.17) is 4.74 Å². The predicted octanol–water partition coefficient (Wildman–Crippen LogP) is 4.64. The Balaban J connectivity index is 3.16. The molecule has 2 heteroatoms. The van der Waals surface area contributed by atoms with Gasteiger partial charge in [-0.15, -0.1) is 0 Å². The van der Waals surface area contributed by atoms with Gasteiger partial charge in [-0.2, -0.15) is 0 Å². The van der Waals surface area contributed by atoms with Gasteiger partial charge in [0.25, 0.3) is 0 Å². The lowest BCUT2D eigenvalue weighted by atomic mass is 9.83. The fourth-order valence-corrected chi connectivity index (χ4v) is 2.63. The Labute approximate surface area is 124 Å². The molecule has 0 bridgehead atoms. The van der Waals surface area contributed by atoms with Gasteiger partial charge in [0.05, 0.1) is 7.11 Å². The van der Waals surface area contributed by atoms with Crippen molar-refractivity contribution in [1.29, 1.82) is 0 Å². The topological polar surface area (TPSA) is 21.3 Å². The van der Waals surface area contributed by atoms with Crippen LogP contribution in [0.5, 0.6) is 5.75 Å². The third kappa shape index (κ3) is 3.99. The van der Waals surface area contributed by atoms with Crippen LogP contribution in [0.15, 0.2) is 12.1 Å². The summed E-state index contributed by atoms with van der Waals surface area (Å²) in [6.07, 6.45) is 1.16. The van der Waals surface area contributed by atoms with Crippen molar-refractivity contribution in [3.63, 3.8) is 0 Å². The van der Waals surface area contributed by atoms with Crippen LogP contribution in [0.25, 0.3) is 0 Å². The largest absolute Gasteiger partial charge is 0.496 e. The van der Waals surface area contributed by atoms with Crippen LogP contribution < -0.4 is 10.1 Å². The minimum atomic E-state index is 0.416. The number of hydrogen-bond acceptors (Lipinski definition) is 2. The minimum Gasteiger partial charge on any atom is -0.496 e. The number of benzene rings is 1. The summed E-state index contributed by atoms with van der Waals surface area (Å²) in [7, 11) is 1.74. The fraction of sp³-hybridized carbons (Fsp3) is 0.667. The predicted molar refractivity (Wildman–Crippen MR) is 87.5 cm³/mol. The quantitative estimate of drug-likeness (QED) is 0.783. The molecule has 1 N–H and O–H groups in total. The first-order chi connectivity index (χ1) is 9.42. The zero-order valence-electron chi connectivity index (χ0n) is 14.2. The zero-order valence-corrected chi connectivity index (χ0v) is 14.2. The molecule has 0 aliphatic carbocycles. The summed E-state index contributed by atoms with van der Waals surface area (Å²) in [5.74, 6) is 2.25. The SMILES string of the molecule is CCCNC(c1cc(C)c(OC)cc1C)C(C)C(C)C. The number of nitrogens with one attached hydrogen (secondary N) is 1. The lowest BCUT2D eigenvalue weighted by molar-refractivity contribution is 0.302. The molecule has 1 aromatic rings. The van der Waals surface area contributed by atoms with Crippen molar-refractivity contribution < 1.29 is 4.74 Å². The fourth-order valence-electron chi connectivity index (χ4n) is 2.63. The van der Waals surface area contributed by atoms with E-state index in [1.165, 1.54) is 16.7 Å². The lowest BCUT2D eigenvalue weighted by Gasteiger charge is -2.30. The molecule has 0 saturated heterocycles. The van der Waals surface area contributed by atoms with Crippen molar-refractivity contribution in [1.82, 2.24) is 5.32 Å². The summed E-state index contributed by atoms with van der Waals surface area (Å²) >= 11 is 0. The molecule has 1 rings (SSSR count). The average Bonchev–Trinajstić information content (AvgIpc) is 2.41. The summed E-state index contributed by atoms with van der Waals surface area (Å²) in [6.45, 7) is 14.5. The van der Waals surface area contributed by atoms with Gasteiger partial charge in [-0.3, -0.25) is 0 Å². The van der Waals surface area contributed by atoms with Crippen LogP contribution in [0, 0.1) is 25.7 Å². The molecule has 0 radical (unpaired) electrons. The lowest BCUT2D eigenvalue weighted by Crippen LogP contribution is -2.30. The first-order valence-corrected chi connectivity index (χ1v) is 7.80. The van der Waals surface area contributed by atoms with E-state index >= 15 is 0 Å². The van der Waals surface area contributed by atoms with Crippen molar-refractivity contribution in [3.8, 4) is 5.75 Å². The highest BCUT2D eigenvalue weighted by Crippen LogP contribution is 2.33. The van der Waals surface area contributed by atoms with Gasteiger partial charge in [-0.05, 0) is 61.4 Å². The first kappa shape index (κ1) is 17.0. The second kappa shape index (κ2) is 7.68. The van der Waals surface area contributed by atoms with Gasteiger partial charge in [0.15, 0.2) is 0 Å². The molecule has 2 nitrogen and oxygen atoms in total. The third-order valence-corrected chi connectivity index (χ3v) is 4.31. The highest BCUT2D eigenvalue weighted by atomic mass is 16.5. The molecule has 20 heavy (non-hydrogen) atoms. The second-order valence-electron chi connectivity index (χ2n) is 6.21. The maximum Gasteiger partial charge on any atom is 0.122 e. The highest BCUT2D eigenvalue weighted by Gasteiger charge is 2.23. The summed E-state index contributed by atoms with van der Waals surface area (Å²) in [5.41, 5.74) is 3.94. The van der Waals surface area contributed by atoms with Crippen LogP contribution in [0.2, 0.25) is 0 Å². The van der Waals surface area contributed by atoms with Crippen molar-refractivity contribution in [2.75, 3.05) is 13.7 Å². The van der Waals surface area contributed by atoms with E-state index in [1.807, 2.05) is 0 Å². The van der Waals surface area contributed by atoms with E-state index in [9.17, 15) is 0 Å². The van der Waals surface area contributed by atoms with Gasteiger partial charge < -0.3 is 10.1 Å². The van der Waals surface area contributed by atoms with E-state index in [1.54, 1.807) is 7.11 Å². The van der Waals surface area contributed by atoms with E-state index in [2.05, 4.69) is 59.0 Å². The number of methoxy groups -OCH3 is 1. The summed E-state index contributed by atoms with van der Waals surface area (Å²) in [5, 5.41) is 3.73. The van der Waals surface area contributed by atoms with Crippen molar-refractivity contribution >= 4 is 0 Å². The van der Waals surface area contributed by atoms with Crippen LogP contribution in [-0.4, -0.2) is 13.7 Å². The minimum absolute atomic E-state index is 0.416. The van der Waals surface area contributed by atoms with E-state index in [-0.39, 0.29) is 0 Å². The number of aryl methyl sites for hydroxylation is 2. The second-order valence-corrected chi connectivity index (χ2v) is 6.21. The molecule has 0 aromatic heterocycles. The molecular weight excluding hydrogens is 246 g/mol. The number of hydrogen-bond donors (Lipinski definition) is 1. The maximum absolute atomic E-state index is 5.43. The van der Waals surface area contributed by atoms with Gasteiger partial charge in [0, 0.05) is 6.04 Å². The van der Waals surface area contributed by atoms with Crippen LogP contribution in [0.4, 0.5) is 0 Å². The standard InChI is InChI=1S/C18H31NO/c1-8-9-19-18(15(6)12(2)3)16-10-14(5)17(20-7)11-13(16)4/h10-12,15,18-19H,8-9H2,1-7H3. The normalized spacial score (nSPS) is 14.4. The molecule has 2 atom stereocenters. The zero-order chi connectivity index (χ0) is 15.3. The molecule has 0 aliphatic heterocycles. The average molecular weight is 277 g/mol. The molecule has 0 spiro atoms. The van der Waals surface area contributed by atoms with Crippen LogP contribution >= 0.6 is 0 Å². The van der Waals surface area contributed by atoms with Crippen molar-refractivity contribution in [2.24, 2.45) is 11.8 Å². The Bertz CT molecular complexity index is 426. The Kier molecular flexibility index (Phi) is 6.54. The molecule has 0 aliphatic rings. The molecule has 0 fully saturated rings. The first-order valence-electron chi connectivity index (χ1n) is 7.80. The van der Waals surface area contributed by atoms with Gasteiger partial charge in [0.1, 0.15) is 5.75 Å². The number of rotatable bonds is 7. The molecule has 2 unspecified atom stereocenters. The Morgan fingerprint density at radius 2 is 1.75 bits per heavy atom. The molecule has 0 heterocycles. The Morgan fingerprint density at radius 1 is 1.10 bits per heavy atom. The molecule has 0 amide bonds. The van der Waals surface area contributed by atoms with E-state index < -0.39 is 0 Å². The third-order valence-electron chi connectivity index (χ3n) is 4.31. The van der Waals surface area contributed by atoms with Gasteiger partial charge >= 0.3 is 0 Å². The summed E-state index contributed by atoms with van der Waals surface area (Å²) in [4.78, 5) is 0. The Hall–Kier alpha value is -1.02. The Morgan fingerprint density at radius 3 is 2.25 bits per heavy atom. The van der Waals surface area contributed by atoms with Crippen molar-refractivity contribution in [2.45, 2.75) is 54.0 Å². The number of ether oxygens (including phenoxy) is 1. The van der Waals surface area contributed by atoms with Crippen LogP contribution in [-0.2, 0) is 0 Å². The van der Waals surface area contributed by atoms with Crippen molar-refractivity contribution in [3.05, 3.63) is 28.8 Å². The molecular formula is C18H31NO. The van der Waals surface area contributed by atoms with E-state index in [0.29, 0.717) is 17.9 Å². The van der Waals surface area contributed by atoms with Crippen LogP contribution in [0.1, 0.15) is 56.8 Å². The smallest absolute Gasteiger partial charge is 0.122 e. The van der Waals surface area contributed by atoms with E-state index in [0.717, 1.165) is 18.7 Å². The molecule has 1 aromatic carbocycles. The highest BCUT2D eigenvalue weighted by molar-refractivity contribution is 5.43. The maximum atomic E-state index is 5.43. The molecule has 0 saturated carbocycles. The summed E-state index contributed by atoms with van der Waals surface area (Å²) in [6, 6.07) is 4.87. The molecule has 114 valence electrons. The summed E-state index contributed by atoms with van der Waals surface area (Å²) < 4.78 is 5.43. The monoisotopic (exact) mass is 277 g/mol. The van der Waals surface area contributed by atoms with Gasteiger partial charge in [-0.1, -0.05) is 33.8 Å². The van der Waals surface area contributed by atoms with Gasteiger partial charge in [0.2, 0.25) is 0 Å².